The van der Waals surface area contributed by atoms with Crippen molar-refractivity contribution in [3.8, 4) is 5.75 Å². The van der Waals surface area contributed by atoms with E-state index in [4.69, 9.17) is 9.47 Å². The number of alkyl halides is 2. The SMILES string of the molecule is Cc1nn(C(F)F)cc1S(=O)(=O)N1C[C@H](Cn2ccnn2)Oc2ccc(NC(=O)OC(C)(C)C)cc21. The second kappa shape index (κ2) is 9.37. The van der Waals surface area contributed by atoms with Gasteiger partial charge < -0.3 is 9.47 Å². The van der Waals surface area contributed by atoms with Crippen molar-refractivity contribution < 1.29 is 31.5 Å². The summed E-state index contributed by atoms with van der Waals surface area (Å²) in [5.74, 6) is 0.212. The van der Waals surface area contributed by atoms with Crippen LogP contribution in [0, 0.1) is 6.92 Å². The maximum Gasteiger partial charge on any atom is 0.412 e. The summed E-state index contributed by atoms with van der Waals surface area (Å²) in [6.45, 7) is 3.47. The van der Waals surface area contributed by atoms with Crippen molar-refractivity contribution in [2.75, 3.05) is 16.2 Å². The molecule has 0 spiro atoms. The van der Waals surface area contributed by atoms with Gasteiger partial charge in [-0.15, -0.1) is 5.10 Å². The van der Waals surface area contributed by atoms with Crippen molar-refractivity contribution in [3.05, 3.63) is 42.5 Å². The third-order valence-electron chi connectivity index (χ3n) is 5.04. The molecule has 1 amide bonds. The van der Waals surface area contributed by atoms with Crippen LogP contribution in [0.2, 0.25) is 0 Å². The molecule has 2 aromatic heterocycles. The highest BCUT2D eigenvalue weighted by atomic mass is 32.2. The number of amides is 1. The van der Waals surface area contributed by atoms with Crippen LogP contribution < -0.4 is 14.4 Å². The largest absolute Gasteiger partial charge is 0.484 e. The Balaban J connectivity index is 1.72. The number of fused-ring (bicyclic) bond motifs is 1. The average molecular weight is 526 g/mol. The Hall–Kier alpha value is -3.75. The maximum atomic E-state index is 13.7. The first kappa shape index (κ1) is 25.3. The van der Waals surface area contributed by atoms with Crippen LogP contribution in [0.3, 0.4) is 0 Å². The van der Waals surface area contributed by atoms with E-state index in [9.17, 15) is 22.0 Å². The second-order valence-corrected chi connectivity index (χ2v) is 10.9. The van der Waals surface area contributed by atoms with Crippen LogP contribution in [-0.4, -0.2) is 57.5 Å². The Labute approximate surface area is 205 Å². The average Bonchev–Trinajstić information content (AvgIpc) is 3.41. The summed E-state index contributed by atoms with van der Waals surface area (Å²) >= 11 is 0. The molecule has 0 bridgehead atoms. The number of sulfonamides is 1. The van der Waals surface area contributed by atoms with Crippen molar-refractivity contribution in [2.24, 2.45) is 0 Å². The van der Waals surface area contributed by atoms with Gasteiger partial charge in [0.05, 0.1) is 36.9 Å². The van der Waals surface area contributed by atoms with Crippen LogP contribution in [0.1, 0.15) is 33.0 Å². The number of hydrogen-bond donors (Lipinski definition) is 1. The number of carbonyl (C=O) groups is 1. The van der Waals surface area contributed by atoms with Crippen LogP contribution in [0.4, 0.5) is 25.0 Å². The Morgan fingerprint density at radius 1 is 1.33 bits per heavy atom. The fourth-order valence-corrected chi connectivity index (χ4v) is 5.27. The minimum atomic E-state index is -4.36. The number of aryl methyl sites for hydroxylation is 1. The molecule has 4 rings (SSSR count). The topological polar surface area (TPSA) is 133 Å². The molecular weight excluding hydrogens is 500 g/mol. The molecule has 0 saturated carbocycles. The molecule has 0 saturated heterocycles. The maximum absolute atomic E-state index is 13.7. The lowest BCUT2D eigenvalue weighted by atomic mass is 10.2. The van der Waals surface area contributed by atoms with Gasteiger partial charge >= 0.3 is 12.6 Å². The number of rotatable bonds is 6. The molecule has 1 N–H and O–H groups in total. The van der Waals surface area contributed by atoms with E-state index >= 15 is 0 Å². The van der Waals surface area contributed by atoms with Gasteiger partial charge in [-0.2, -0.15) is 13.9 Å². The summed E-state index contributed by atoms with van der Waals surface area (Å²) < 4.78 is 67.9. The first-order chi connectivity index (χ1) is 16.8. The van der Waals surface area contributed by atoms with Gasteiger partial charge in [0.1, 0.15) is 22.4 Å². The van der Waals surface area contributed by atoms with Gasteiger partial charge in [0.15, 0.2) is 0 Å². The lowest BCUT2D eigenvalue weighted by Crippen LogP contribution is -2.45. The van der Waals surface area contributed by atoms with E-state index in [-0.39, 0.29) is 45.5 Å². The lowest BCUT2D eigenvalue weighted by molar-refractivity contribution is 0.0560. The molecule has 36 heavy (non-hydrogen) atoms. The van der Waals surface area contributed by atoms with Crippen molar-refractivity contribution in [1.82, 2.24) is 24.8 Å². The van der Waals surface area contributed by atoms with Crippen LogP contribution in [0.5, 0.6) is 5.75 Å². The lowest BCUT2D eigenvalue weighted by Gasteiger charge is -2.35. The number of halogens is 2. The van der Waals surface area contributed by atoms with Gasteiger partial charge in [-0.1, -0.05) is 5.21 Å². The van der Waals surface area contributed by atoms with Crippen molar-refractivity contribution in [3.63, 3.8) is 0 Å². The minimum absolute atomic E-state index is 0.0841. The molecule has 0 fully saturated rings. The number of ether oxygens (including phenoxy) is 2. The zero-order valence-electron chi connectivity index (χ0n) is 19.9. The molecule has 3 aromatic rings. The first-order valence-corrected chi connectivity index (χ1v) is 12.3. The Morgan fingerprint density at radius 2 is 2.08 bits per heavy atom. The highest BCUT2D eigenvalue weighted by Gasteiger charge is 2.37. The Bertz CT molecular complexity index is 1350. The molecule has 1 aliphatic heterocycles. The fraction of sp³-hybridized carbons (Fsp3) is 0.429. The number of benzene rings is 1. The van der Waals surface area contributed by atoms with Gasteiger partial charge in [-0.05, 0) is 45.9 Å². The molecule has 15 heteroatoms. The highest BCUT2D eigenvalue weighted by Crippen LogP contribution is 2.40. The van der Waals surface area contributed by atoms with E-state index in [2.05, 4.69) is 20.7 Å². The van der Waals surface area contributed by atoms with E-state index in [1.165, 1.54) is 36.0 Å². The van der Waals surface area contributed by atoms with E-state index in [0.29, 0.717) is 0 Å². The van der Waals surface area contributed by atoms with Crippen LogP contribution in [-0.2, 0) is 21.3 Å². The number of anilines is 2. The van der Waals surface area contributed by atoms with Gasteiger partial charge in [0.25, 0.3) is 10.0 Å². The van der Waals surface area contributed by atoms with Gasteiger partial charge in [0, 0.05) is 11.9 Å². The van der Waals surface area contributed by atoms with E-state index in [1.807, 2.05) is 0 Å². The summed E-state index contributed by atoms with van der Waals surface area (Å²) in [5.41, 5.74) is -0.461. The second-order valence-electron chi connectivity index (χ2n) is 9.05. The monoisotopic (exact) mass is 525 g/mol. The van der Waals surface area contributed by atoms with Crippen molar-refractivity contribution >= 4 is 27.5 Å². The van der Waals surface area contributed by atoms with E-state index < -0.39 is 34.4 Å². The van der Waals surface area contributed by atoms with Gasteiger partial charge in [-0.3, -0.25) is 9.62 Å². The molecule has 0 aliphatic carbocycles. The smallest absolute Gasteiger partial charge is 0.412 e. The van der Waals surface area contributed by atoms with Crippen LogP contribution in [0.15, 0.2) is 41.7 Å². The Kier molecular flexibility index (Phi) is 6.60. The van der Waals surface area contributed by atoms with E-state index in [0.717, 1.165) is 10.5 Å². The van der Waals surface area contributed by atoms with Gasteiger partial charge in [-0.25, -0.2) is 22.6 Å². The van der Waals surface area contributed by atoms with Crippen LogP contribution >= 0.6 is 0 Å². The molecule has 194 valence electrons. The standard InChI is InChI=1S/C21H25F2N7O5S/c1-13-18(12-29(26-13)19(22)23)36(32,33)30-11-15(10-28-8-7-24-27-28)34-17-6-5-14(9-16(17)30)25-20(31)35-21(2,3)4/h5-9,12,15,19H,10-11H2,1-4H3,(H,25,31)/t15-/m0/s1. The quantitative estimate of drug-likeness (QED) is 0.519. The molecular formula is C21H25F2N7O5S. The summed E-state index contributed by atoms with van der Waals surface area (Å²) in [6.07, 6.45) is 2.46. The molecule has 1 aliphatic rings. The predicted molar refractivity (Wildman–Crippen MR) is 123 cm³/mol. The normalized spacial score (nSPS) is 16.0. The number of nitrogens with one attached hydrogen (secondary N) is 1. The van der Waals surface area contributed by atoms with Crippen molar-refractivity contribution in [2.45, 2.75) is 57.4 Å². The fourth-order valence-electron chi connectivity index (χ4n) is 3.61. The molecule has 3 heterocycles. The van der Waals surface area contributed by atoms with E-state index in [1.54, 1.807) is 27.0 Å². The molecule has 0 radical (unpaired) electrons. The summed E-state index contributed by atoms with van der Waals surface area (Å²) in [7, 11) is -4.36. The highest BCUT2D eigenvalue weighted by molar-refractivity contribution is 7.92. The third-order valence-corrected chi connectivity index (χ3v) is 6.92. The number of hydrogen-bond acceptors (Lipinski definition) is 8. The molecule has 12 nitrogen and oxygen atoms in total. The number of aromatic nitrogens is 5. The molecule has 0 unspecified atom stereocenters. The van der Waals surface area contributed by atoms with Crippen molar-refractivity contribution in [1.29, 1.82) is 0 Å². The summed E-state index contributed by atoms with van der Waals surface area (Å²) in [6, 6.07) is 4.45. The zero-order valence-corrected chi connectivity index (χ0v) is 20.7. The Morgan fingerprint density at radius 3 is 2.69 bits per heavy atom. The summed E-state index contributed by atoms with van der Waals surface area (Å²) in [5, 5.41) is 13.8. The molecule has 1 atom stereocenters. The first-order valence-electron chi connectivity index (χ1n) is 10.8. The minimum Gasteiger partial charge on any atom is -0.484 e. The predicted octanol–water partition coefficient (Wildman–Crippen LogP) is 3.18. The number of carbonyl (C=O) groups excluding carboxylic acids is 1. The number of nitrogens with zero attached hydrogens (tertiary/aromatic N) is 6. The van der Waals surface area contributed by atoms with Gasteiger partial charge in [0.2, 0.25) is 0 Å². The molecule has 1 aromatic carbocycles. The van der Waals surface area contributed by atoms with Crippen LogP contribution in [0.25, 0.3) is 0 Å². The summed E-state index contributed by atoms with van der Waals surface area (Å²) in [4.78, 5) is 11.9. The third kappa shape index (κ3) is 5.40. The zero-order chi connectivity index (χ0) is 26.3.